The zero-order valence-electron chi connectivity index (χ0n) is 5.48. The van der Waals surface area contributed by atoms with Crippen LogP contribution in [0.2, 0.25) is 0 Å². The molecule has 0 spiro atoms. The molecule has 0 aromatic carbocycles. The Morgan fingerprint density at radius 2 is 2.25 bits per heavy atom. The molecule has 0 aromatic heterocycles. The fourth-order valence-electron chi connectivity index (χ4n) is 0.509. The van der Waals surface area contributed by atoms with Crippen molar-refractivity contribution in [3.8, 4) is 0 Å². The van der Waals surface area contributed by atoms with Crippen LogP contribution < -0.4 is 0 Å². The van der Waals surface area contributed by atoms with Gasteiger partial charge >= 0.3 is 0 Å². The highest BCUT2D eigenvalue weighted by molar-refractivity contribution is 6.20. The van der Waals surface area contributed by atoms with Crippen LogP contribution in [0, 0.1) is 0 Å². The van der Waals surface area contributed by atoms with Gasteiger partial charge in [-0.05, 0) is 19.8 Å². The molecule has 50 valence electrons. The zero-order valence-corrected chi connectivity index (χ0v) is 6.24. The lowest BCUT2D eigenvalue weighted by molar-refractivity contribution is 0.193. The van der Waals surface area contributed by atoms with E-state index in [0.29, 0.717) is 5.38 Å². The van der Waals surface area contributed by atoms with Crippen molar-refractivity contribution >= 4 is 11.6 Å². The summed E-state index contributed by atoms with van der Waals surface area (Å²) in [6.07, 6.45) is 2.12. The van der Waals surface area contributed by atoms with Gasteiger partial charge < -0.3 is 4.74 Å². The van der Waals surface area contributed by atoms with E-state index in [1.165, 1.54) is 0 Å². The average molecular weight is 137 g/mol. The summed E-state index contributed by atoms with van der Waals surface area (Å²) in [4.78, 5) is 0. The highest BCUT2D eigenvalue weighted by atomic mass is 35.5. The van der Waals surface area contributed by atoms with Gasteiger partial charge in [-0.25, -0.2) is 0 Å². The number of hydrogen-bond donors (Lipinski definition) is 0. The third kappa shape index (κ3) is 6.25. The zero-order chi connectivity index (χ0) is 6.41. The summed E-state index contributed by atoms with van der Waals surface area (Å²) in [5, 5.41) is 0.296. The van der Waals surface area contributed by atoms with Crippen LogP contribution in [0.4, 0.5) is 0 Å². The van der Waals surface area contributed by atoms with E-state index in [-0.39, 0.29) is 0 Å². The van der Waals surface area contributed by atoms with Crippen molar-refractivity contribution in [1.82, 2.24) is 0 Å². The van der Waals surface area contributed by atoms with Gasteiger partial charge in [-0.1, -0.05) is 0 Å². The molecule has 0 aliphatic rings. The van der Waals surface area contributed by atoms with Gasteiger partial charge in [0, 0.05) is 19.1 Å². The first-order chi connectivity index (χ1) is 3.77. The molecular formula is C6H13ClO. The van der Waals surface area contributed by atoms with E-state index in [9.17, 15) is 0 Å². The molecule has 1 atom stereocenters. The predicted molar refractivity (Wildman–Crippen MR) is 36.4 cm³/mol. The van der Waals surface area contributed by atoms with Gasteiger partial charge in [0.15, 0.2) is 0 Å². The normalized spacial score (nSPS) is 13.9. The fraction of sp³-hybridized carbons (Fsp3) is 1.00. The highest BCUT2D eigenvalue weighted by Gasteiger charge is 1.93. The van der Waals surface area contributed by atoms with E-state index < -0.39 is 0 Å². The van der Waals surface area contributed by atoms with Crippen molar-refractivity contribution in [3.63, 3.8) is 0 Å². The molecule has 0 aliphatic heterocycles. The molecule has 8 heavy (non-hydrogen) atoms. The first-order valence-electron chi connectivity index (χ1n) is 2.90. The lowest BCUT2D eigenvalue weighted by Gasteiger charge is -1.99. The molecule has 0 bridgehead atoms. The summed E-state index contributed by atoms with van der Waals surface area (Å²) >= 11 is 5.66. The Morgan fingerprint density at radius 1 is 1.62 bits per heavy atom. The van der Waals surface area contributed by atoms with Gasteiger partial charge in [-0.15, -0.1) is 11.6 Å². The molecule has 0 fully saturated rings. The second kappa shape index (κ2) is 5.39. The Hall–Kier alpha value is 0.250. The predicted octanol–water partition coefficient (Wildman–Crippen LogP) is 2.04. The van der Waals surface area contributed by atoms with E-state index in [2.05, 4.69) is 0 Å². The number of halogens is 1. The summed E-state index contributed by atoms with van der Waals surface area (Å²) < 4.78 is 4.83. The number of ether oxygens (including phenoxy) is 1. The van der Waals surface area contributed by atoms with Crippen LogP contribution in [-0.2, 0) is 4.74 Å². The van der Waals surface area contributed by atoms with Crippen LogP contribution in [0.1, 0.15) is 19.8 Å². The minimum atomic E-state index is 0.296. The van der Waals surface area contributed by atoms with Crippen LogP contribution in [-0.4, -0.2) is 19.1 Å². The van der Waals surface area contributed by atoms with Crippen LogP contribution in [0.15, 0.2) is 0 Å². The van der Waals surface area contributed by atoms with Gasteiger partial charge in [0.2, 0.25) is 0 Å². The van der Waals surface area contributed by atoms with Gasteiger partial charge in [-0.3, -0.25) is 0 Å². The average Bonchev–Trinajstić information content (AvgIpc) is 1.66. The Morgan fingerprint density at radius 3 is 2.62 bits per heavy atom. The molecule has 0 aliphatic carbocycles. The lowest BCUT2D eigenvalue weighted by atomic mass is 10.3. The first-order valence-corrected chi connectivity index (χ1v) is 3.34. The van der Waals surface area contributed by atoms with Gasteiger partial charge in [0.25, 0.3) is 0 Å². The number of rotatable bonds is 4. The fourth-order valence-corrected chi connectivity index (χ4v) is 0.663. The molecule has 0 radical (unpaired) electrons. The van der Waals surface area contributed by atoms with Crippen molar-refractivity contribution in [2.75, 3.05) is 13.7 Å². The summed E-state index contributed by atoms with van der Waals surface area (Å²) in [5.74, 6) is 0. The Kier molecular flexibility index (Phi) is 5.56. The van der Waals surface area contributed by atoms with E-state index in [0.717, 1.165) is 19.4 Å². The van der Waals surface area contributed by atoms with E-state index in [1.54, 1.807) is 7.11 Å². The largest absolute Gasteiger partial charge is 0.385 e. The molecule has 0 amide bonds. The first kappa shape index (κ1) is 8.25. The van der Waals surface area contributed by atoms with Crippen LogP contribution in [0.5, 0.6) is 0 Å². The van der Waals surface area contributed by atoms with Crippen LogP contribution in [0.3, 0.4) is 0 Å². The molecule has 0 saturated heterocycles. The van der Waals surface area contributed by atoms with Gasteiger partial charge in [0.05, 0.1) is 0 Å². The number of hydrogen-bond acceptors (Lipinski definition) is 1. The van der Waals surface area contributed by atoms with Crippen molar-refractivity contribution in [1.29, 1.82) is 0 Å². The maximum atomic E-state index is 5.66. The Balaban J connectivity index is 2.72. The second-order valence-corrected chi connectivity index (χ2v) is 2.66. The van der Waals surface area contributed by atoms with Crippen LogP contribution in [0.25, 0.3) is 0 Å². The quantitative estimate of drug-likeness (QED) is 0.425. The Labute approximate surface area is 56.0 Å². The van der Waals surface area contributed by atoms with Crippen molar-refractivity contribution in [2.45, 2.75) is 25.1 Å². The van der Waals surface area contributed by atoms with E-state index in [1.807, 2.05) is 6.92 Å². The molecule has 1 nitrogen and oxygen atoms in total. The van der Waals surface area contributed by atoms with E-state index in [4.69, 9.17) is 16.3 Å². The van der Waals surface area contributed by atoms with Crippen molar-refractivity contribution in [3.05, 3.63) is 0 Å². The minimum Gasteiger partial charge on any atom is -0.385 e. The third-order valence-electron chi connectivity index (χ3n) is 0.950. The second-order valence-electron chi connectivity index (χ2n) is 1.92. The summed E-state index contributed by atoms with van der Waals surface area (Å²) in [5.41, 5.74) is 0. The maximum absolute atomic E-state index is 5.66. The molecule has 0 unspecified atom stereocenters. The molecule has 0 aromatic rings. The monoisotopic (exact) mass is 136 g/mol. The smallest absolute Gasteiger partial charge is 0.0462 e. The SMILES string of the molecule is COCCC[C@H](C)Cl. The minimum absolute atomic E-state index is 0.296. The molecule has 0 heterocycles. The van der Waals surface area contributed by atoms with Gasteiger partial charge in [0.1, 0.15) is 0 Å². The summed E-state index contributed by atoms with van der Waals surface area (Å²) in [6.45, 7) is 2.83. The molecule has 0 rings (SSSR count). The van der Waals surface area contributed by atoms with Crippen molar-refractivity contribution in [2.24, 2.45) is 0 Å². The number of methoxy groups -OCH3 is 1. The standard InChI is InChI=1S/C6H13ClO/c1-6(7)4-3-5-8-2/h6H,3-5H2,1-2H3/t6-/m0/s1. The topological polar surface area (TPSA) is 9.23 Å². The highest BCUT2D eigenvalue weighted by Crippen LogP contribution is 2.02. The lowest BCUT2D eigenvalue weighted by Crippen LogP contribution is -1.94. The van der Waals surface area contributed by atoms with Gasteiger partial charge in [-0.2, -0.15) is 0 Å². The molecule has 2 heteroatoms. The molecule has 0 N–H and O–H groups in total. The Bertz CT molecular complexity index is 45.8. The summed E-state index contributed by atoms with van der Waals surface area (Å²) in [7, 11) is 1.71. The van der Waals surface area contributed by atoms with Crippen LogP contribution >= 0.6 is 11.6 Å². The molecular weight excluding hydrogens is 124 g/mol. The number of alkyl halides is 1. The third-order valence-corrected chi connectivity index (χ3v) is 1.17. The van der Waals surface area contributed by atoms with Crippen molar-refractivity contribution < 1.29 is 4.74 Å². The van der Waals surface area contributed by atoms with E-state index >= 15 is 0 Å². The summed E-state index contributed by atoms with van der Waals surface area (Å²) in [6, 6.07) is 0. The molecule has 0 saturated carbocycles. The maximum Gasteiger partial charge on any atom is 0.0462 e.